The summed E-state index contributed by atoms with van der Waals surface area (Å²) in [5, 5.41) is 9.95. The van der Waals surface area contributed by atoms with Crippen molar-refractivity contribution in [2.24, 2.45) is 5.92 Å². The zero-order chi connectivity index (χ0) is 14.2. The van der Waals surface area contributed by atoms with E-state index in [4.69, 9.17) is 16.3 Å². The average Bonchev–Trinajstić information content (AvgIpc) is 2.29. The van der Waals surface area contributed by atoms with Gasteiger partial charge in [-0.25, -0.2) is 4.98 Å². The molecule has 0 radical (unpaired) electrons. The van der Waals surface area contributed by atoms with Crippen LogP contribution in [0.15, 0.2) is 0 Å². The lowest BCUT2D eigenvalue weighted by molar-refractivity contribution is -0.0403. The maximum Gasteiger partial charge on any atom is 0.133 e. The van der Waals surface area contributed by atoms with Crippen LogP contribution in [0.2, 0.25) is 5.15 Å². The number of ether oxygens (including phenoxy) is 1. The van der Waals surface area contributed by atoms with E-state index in [1.54, 1.807) is 0 Å². The van der Waals surface area contributed by atoms with Gasteiger partial charge in [0.1, 0.15) is 11.2 Å². The highest BCUT2D eigenvalue weighted by Gasteiger charge is 2.31. The van der Waals surface area contributed by atoms with Crippen molar-refractivity contribution in [2.45, 2.75) is 52.7 Å². The summed E-state index contributed by atoms with van der Waals surface area (Å²) in [4.78, 5) is 4.45. The third kappa shape index (κ3) is 2.91. The van der Waals surface area contributed by atoms with Crippen LogP contribution >= 0.6 is 11.6 Å². The molecule has 0 bridgehead atoms. The predicted molar refractivity (Wildman–Crippen MR) is 75.1 cm³/mol. The molecule has 0 amide bonds. The second kappa shape index (κ2) is 5.11. The normalized spacial score (nSPS) is 17.1. The van der Waals surface area contributed by atoms with Crippen LogP contribution in [-0.2, 0) is 24.2 Å². The molecule has 1 aromatic rings. The Morgan fingerprint density at radius 1 is 1.42 bits per heavy atom. The van der Waals surface area contributed by atoms with Crippen molar-refractivity contribution in [2.75, 3.05) is 0 Å². The van der Waals surface area contributed by atoms with Gasteiger partial charge in [-0.2, -0.15) is 5.26 Å². The van der Waals surface area contributed by atoms with Crippen molar-refractivity contribution in [3.63, 3.8) is 0 Å². The average molecular weight is 279 g/mol. The highest BCUT2D eigenvalue weighted by Crippen LogP contribution is 2.34. The van der Waals surface area contributed by atoms with E-state index in [0.29, 0.717) is 29.7 Å². The molecule has 4 heteroatoms. The fourth-order valence-electron chi connectivity index (χ4n) is 2.44. The molecule has 0 aliphatic carbocycles. The van der Waals surface area contributed by atoms with Crippen molar-refractivity contribution in [3.8, 4) is 6.07 Å². The van der Waals surface area contributed by atoms with Crippen LogP contribution in [0, 0.1) is 17.2 Å². The number of hydrogen-bond acceptors (Lipinski definition) is 3. The minimum Gasteiger partial charge on any atom is -0.370 e. The molecule has 0 aromatic carbocycles. The molecule has 102 valence electrons. The summed E-state index contributed by atoms with van der Waals surface area (Å²) in [5.41, 5.74) is 3.11. The molecule has 1 aliphatic heterocycles. The topological polar surface area (TPSA) is 45.9 Å². The molecule has 2 heterocycles. The van der Waals surface area contributed by atoms with Crippen LogP contribution in [0.1, 0.15) is 50.1 Å². The second-order valence-corrected chi connectivity index (χ2v) is 6.47. The Hall–Kier alpha value is -1.11. The number of pyridine rings is 1. The Morgan fingerprint density at radius 3 is 2.68 bits per heavy atom. The molecule has 0 saturated carbocycles. The smallest absolute Gasteiger partial charge is 0.133 e. The van der Waals surface area contributed by atoms with Crippen LogP contribution in [0.3, 0.4) is 0 Å². The molecule has 19 heavy (non-hydrogen) atoms. The van der Waals surface area contributed by atoms with Crippen molar-refractivity contribution < 1.29 is 4.74 Å². The van der Waals surface area contributed by atoms with Crippen molar-refractivity contribution in [1.82, 2.24) is 4.98 Å². The molecule has 3 nitrogen and oxygen atoms in total. The second-order valence-electron chi connectivity index (χ2n) is 6.12. The fraction of sp³-hybridized carbons (Fsp3) is 0.600. The SMILES string of the molecule is CC(C)Cc1nc(Cl)c2c(c1C#N)COC(C)(C)C2. The molecule has 0 N–H and O–H groups in total. The first kappa shape index (κ1) is 14.3. The monoisotopic (exact) mass is 278 g/mol. The summed E-state index contributed by atoms with van der Waals surface area (Å²) in [7, 11) is 0. The van der Waals surface area contributed by atoms with Gasteiger partial charge in [0, 0.05) is 12.0 Å². The van der Waals surface area contributed by atoms with E-state index in [2.05, 4.69) is 24.9 Å². The molecular formula is C15H19ClN2O. The number of halogens is 1. The summed E-state index contributed by atoms with van der Waals surface area (Å²) in [5.74, 6) is 0.440. The zero-order valence-electron chi connectivity index (χ0n) is 11.9. The van der Waals surface area contributed by atoms with Crippen molar-refractivity contribution >= 4 is 11.6 Å². The van der Waals surface area contributed by atoms with E-state index in [1.807, 2.05) is 13.8 Å². The highest BCUT2D eigenvalue weighted by molar-refractivity contribution is 6.30. The molecule has 1 aliphatic rings. The maximum absolute atomic E-state index is 9.42. The van der Waals surface area contributed by atoms with Gasteiger partial charge in [0.15, 0.2) is 0 Å². The molecule has 2 rings (SSSR count). The first-order valence-electron chi connectivity index (χ1n) is 6.58. The maximum atomic E-state index is 9.42. The number of nitriles is 1. The Bertz CT molecular complexity index is 544. The number of nitrogens with zero attached hydrogens (tertiary/aromatic N) is 2. The van der Waals surface area contributed by atoms with Crippen LogP contribution in [0.25, 0.3) is 0 Å². The van der Waals surface area contributed by atoms with Gasteiger partial charge in [0.25, 0.3) is 0 Å². The van der Waals surface area contributed by atoms with Crippen LogP contribution in [0.5, 0.6) is 0 Å². The lowest BCUT2D eigenvalue weighted by atomic mass is 9.89. The summed E-state index contributed by atoms with van der Waals surface area (Å²) in [6.07, 6.45) is 1.46. The summed E-state index contributed by atoms with van der Waals surface area (Å²) < 4.78 is 5.81. The van der Waals surface area contributed by atoms with Gasteiger partial charge in [-0.15, -0.1) is 0 Å². The van der Waals surface area contributed by atoms with Gasteiger partial charge in [-0.3, -0.25) is 0 Å². The fourth-order valence-corrected chi connectivity index (χ4v) is 2.72. The number of fused-ring (bicyclic) bond motifs is 1. The van der Waals surface area contributed by atoms with E-state index in [0.717, 1.165) is 23.2 Å². The molecular weight excluding hydrogens is 260 g/mol. The molecule has 0 fully saturated rings. The third-order valence-electron chi connectivity index (χ3n) is 3.36. The minimum absolute atomic E-state index is 0.245. The van der Waals surface area contributed by atoms with E-state index < -0.39 is 0 Å². The van der Waals surface area contributed by atoms with Gasteiger partial charge in [-0.05, 0) is 31.7 Å². The van der Waals surface area contributed by atoms with E-state index in [-0.39, 0.29) is 5.60 Å². The Labute approximate surface area is 119 Å². The molecule has 0 saturated heterocycles. The van der Waals surface area contributed by atoms with Crippen LogP contribution < -0.4 is 0 Å². The van der Waals surface area contributed by atoms with Gasteiger partial charge in [0.2, 0.25) is 0 Å². The quantitative estimate of drug-likeness (QED) is 0.776. The molecule has 0 atom stereocenters. The number of hydrogen-bond donors (Lipinski definition) is 0. The lowest BCUT2D eigenvalue weighted by Crippen LogP contribution is -2.33. The Balaban J connectivity index is 2.55. The van der Waals surface area contributed by atoms with Gasteiger partial charge in [-0.1, -0.05) is 25.4 Å². The highest BCUT2D eigenvalue weighted by atomic mass is 35.5. The predicted octanol–water partition coefficient (Wildman–Crippen LogP) is 3.66. The molecule has 0 unspecified atom stereocenters. The van der Waals surface area contributed by atoms with Gasteiger partial charge < -0.3 is 4.74 Å². The Kier molecular flexibility index (Phi) is 3.85. The van der Waals surface area contributed by atoms with Crippen LogP contribution in [0.4, 0.5) is 0 Å². The van der Waals surface area contributed by atoms with Crippen molar-refractivity contribution in [1.29, 1.82) is 5.26 Å². The lowest BCUT2D eigenvalue weighted by Gasteiger charge is -2.33. The Morgan fingerprint density at radius 2 is 2.11 bits per heavy atom. The molecule has 1 aromatic heterocycles. The van der Waals surface area contributed by atoms with Gasteiger partial charge in [0.05, 0.1) is 23.5 Å². The summed E-state index contributed by atoms with van der Waals surface area (Å²) in [6.45, 7) is 8.71. The van der Waals surface area contributed by atoms with E-state index in [9.17, 15) is 5.26 Å². The number of aromatic nitrogens is 1. The summed E-state index contributed by atoms with van der Waals surface area (Å²) in [6, 6.07) is 2.28. The standard InChI is InChI=1S/C15H19ClN2O/c1-9(2)5-13-11(7-17)12-8-19-15(3,4)6-10(12)14(16)18-13/h9H,5-6,8H2,1-4H3. The first-order valence-corrected chi connectivity index (χ1v) is 6.96. The zero-order valence-corrected chi connectivity index (χ0v) is 12.6. The van der Waals surface area contributed by atoms with E-state index in [1.165, 1.54) is 0 Å². The first-order chi connectivity index (χ1) is 8.84. The van der Waals surface area contributed by atoms with Gasteiger partial charge >= 0.3 is 0 Å². The largest absolute Gasteiger partial charge is 0.370 e. The van der Waals surface area contributed by atoms with E-state index >= 15 is 0 Å². The minimum atomic E-state index is -0.245. The third-order valence-corrected chi connectivity index (χ3v) is 3.67. The van der Waals surface area contributed by atoms with Crippen molar-refractivity contribution in [3.05, 3.63) is 27.5 Å². The molecule has 0 spiro atoms. The number of rotatable bonds is 2. The summed E-state index contributed by atoms with van der Waals surface area (Å²) >= 11 is 6.31. The van der Waals surface area contributed by atoms with Crippen LogP contribution in [-0.4, -0.2) is 10.6 Å².